The molecule has 2 saturated heterocycles. The Morgan fingerprint density at radius 3 is 2.62 bits per heavy atom. The van der Waals surface area contributed by atoms with Crippen LogP contribution in [0.2, 0.25) is 5.02 Å². The average molecular weight is 307 g/mol. The summed E-state index contributed by atoms with van der Waals surface area (Å²) in [6.07, 6.45) is 7.88. The average Bonchev–Trinajstić information content (AvgIpc) is 3.08. The molecule has 0 bridgehead atoms. The van der Waals surface area contributed by atoms with Gasteiger partial charge in [0.15, 0.2) is 0 Å². The second-order valence-electron chi connectivity index (χ2n) is 6.69. The van der Waals surface area contributed by atoms with E-state index in [0.717, 1.165) is 17.5 Å². The van der Waals surface area contributed by atoms with Crippen molar-refractivity contribution in [3.63, 3.8) is 0 Å². The van der Waals surface area contributed by atoms with Crippen LogP contribution in [0.25, 0.3) is 0 Å². The largest absolute Gasteiger partial charge is 0.303 e. The third kappa shape index (κ3) is 3.80. The van der Waals surface area contributed by atoms with Gasteiger partial charge in [-0.15, -0.1) is 0 Å². The van der Waals surface area contributed by atoms with Crippen LogP contribution in [0, 0.1) is 0 Å². The van der Waals surface area contributed by atoms with Crippen LogP contribution in [0.3, 0.4) is 0 Å². The lowest BCUT2D eigenvalue weighted by Gasteiger charge is -2.28. The smallest absolute Gasteiger partial charge is 0.0438 e. The van der Waals surface area contributed by atoms with Crippen molar-refractivity contribution in [2.45, 2.75) is 50.6 Å². The van der Waals surface area contributed by atoms with Crippen LogP contribution in [-0.4, -0.2) is 48.6 Å². The molecule has 0 saturated carbocycles. The van der Waals surface area contributed by atoms with Gasteiger partial charge in [0, 0.05) is 17.1 Å². The molecule has 2 heterocycles. The number of rotatable bonds is 5. The van der Waals surface area contributed by atoms with Crippen LogP contribution in [0.5, 0.6) is 0 Å². The molecule has 0 aliphatic carbocycles. The van der Waals surface area contributed by atoms with Crippen molar-refractivity contribution in [1.82, 2.24) is 9.80 Å². The summed E-state index contributed by atoms with van der Waals surface area (Å²) in [7, 11) is 2.28. The highest BCUT2D eigenvalue weighted by molar-refractivity contribution is 6.31. The molecule has 0 aromatic heterocycles. The Morgan fingerprint density at radius 2 is 1.86 bits per heavy atom. The predicted molar refractivity (Wildman–Crippen MR) is 90.0 cm³/mol. The predicted octanol–water partition coefficient (Wildman–Crippen LogP) is 3.83. The minimum absolute atomic E-state index is 0.691. The van der Waals surface area contributed by atoms with E-state index in [0.29, 0.717) is 6.04 Å². The maximum Gasteiger partial charge on any atom is 0.0438 e. The first-order valence-corrected chi connectivity index (χ1v) is 8.79. The summed E-state index contributed by atoms with van der Waals surface area (Å²) in [5.41, 5.74) is 1.31. The second kappa shape index (κ2) is 7.13. The molecule has 0 N–H and O–H groups in total. The van der Waals surface area contributed by atoms with E-state index in [4.69, 9.17) is 11.6 Å². The van der Waals surface area contributed by atoms with Gasteiger partial charge in [-0.25, -0.2) is 0 Å². The number of likely N-dealkylation sites (tertiary alicyclic amines) is 2. The molecule has 2 atom stereocenters. The van der Waals surface area contributed by atoms with E-state index in [1.54, 1.807) is 0 Å². The Bertz CT molecular complexity index is 462. The standard InChI is InChI=1S/C18H27ClN2/c1-20-11-4-7-16(20)10-13-21-12-5-8-17(21)14-15-6-2-3-9-18(15)19/h2-3,6,9,16-17H,4-5,7-8,10-14H2,1H3/t16-,17+/m1/s1. The number of benzene rings is 1. The molecule has 0 amide bonds. The van der Waals surface area contributed by atoms with Crippen LogP contribution in [-0.2, 0) is 6.42 Å². The van der Waals surface area contributed by atoms with Gasteiger partial charge in [-0.3, -0.25) is 4.90 Å². The van der Waals surface area contributed by atoms with Gasteiger partial charge in [0.05, 0.1) is 0 Å². The summed E-state index contributed by atoms with van der Waals surface area (Å²) in [6.45, 7) is 3.81. The fraction of sp³-hybridized carbons (Fsp3) is 0.667. The molecule has 2 aliphatic heterocycles. The molecule has 3 rings (SSSR count). The molecule has 2 fully saturated rings. The number of hydrogen-bond donors (Lipinski definition) is 0. The fourth-order valence-corrected chi connectivity index (χ4v) is 4.21. The van der Waals surface area contributed by atoms with Crippen molar-refractivity contribution in [2.75, 3.05) is 26.7 Å². The SMILES string of the molecule is CN1CCC[C@@H]1CCN1CCC[C@H]1Cc1ccccc1Cl. The van der Waals surface area contributed by atoms with Crippen LogP contribution in [0.4, 0.5) is 0 Å². The molecule has 1 aromatic carbocycles. The lowest BCUT2D eigenvalue weighted by Crippen LogP contribution is -2.35. The quantitative estimate of drug-likeness (QED) is 0.816. The first-order chi connectivity index (χ1) is 10.2. The van der Waals surface area contributed by atoms with E-state index in [-0.39, 0.29) is 0 Å². The van der Waals surface area contributed by atoms with E-state index in [1.807, 2.05) is 12.1 Å². The van der Waals surface area contributed by atoms with Crippen molar-refractivity contribution in [3.8, 4) is 0 Å². The lowest BCUT2D eigenvalue weighted by molar-refractivity contribution is 0.210. The van der Waals surface area contributed by atoms with Crippen molar-refractivity contribution in [2.24, 2.45) is 0 Å². The Balaban J connectivity index is 1.54. The van der Waals surface area contributed by atoms with Crippen molar-refractivity contribution in [1.29, 1.82) is 0 Å². The van der Waals surface area contributed by atoms with Gasteiger partial charge in [0.25, 0.3) is 0 Å². The second-order valence-corrected chi connectivity index (χ2v) is 7.10. The molecule has 3 heteroatoms. The third-order valence-corrected chi connectivity index (χ3v) is 5.70. The first kappa shape index (κ1) is 15.3. The Hall–Kier alpha value is -0.570. The van der Waals surface area contributed by atoms with Crippen molar-refractivity contribution < 1.29 is 0 Å². The van der Waals surface area contributed by atoms with Crippen LogP contribution in [0.1, 0.15) is 37.7 Å². The maximum atomic E-state index is 6.32. The molecule has 2 aliphatic rings. The third-order valence-electron chi connectivity index (χ3n) is 5.33. The maximum absolute atomic E-state index is 6.32. The van der Waals surface area contributed by atoms with E-state index < -0.39 is 0 Å². The Kier molecular flexibility index (Phi) is 5.20. The zero-order chi connectivity index (χ0) is 14.7. The molecule has 21 heavy (non-hydrogen) atoms. The zero-order valence-electron chi connectivity index (χ0n) is 13.1. The van der Waals surface area contributed by atoms with Gasteiger partial charge in [-0.2, -0.15) is 0 Å². The topological polar surface area (TPSA) is 6.48 Å². The molecule has 0 spiro atoms. The van der Waals surface area contributed by atoms with E-state index in [9.17, 15) is 0 Å². The highest BCUT2D eigenvalue weighted by atomic mass is 35.5. The van der Waals surface area contributed by atoms with Gasteiger partial charge in [0.1, 0.15) is 0 Å². The summed E-state index contributed by atoms with van der Waals surface area (Å²) >= 11 is 6.32. The lowest BCUT2D eigenvalue weighted by atomic mass is 10.0. The molecule has 0 radical (unpaired) electrons. The summed E-state index contributed by atoms with van der Waals surface area (Å²) in [4.78, 5) is 5.24. The van der Waals surface area contributed by atoms with Crippen molar-refractivity contribution in [3.05, 3.63) is 34.9 Å². The van der Waals surface area contributed by atoms with Crippen LogP contribution in [0.15, 0.2) is 24.3 Å². The summed E-state index contributed by atoms with van der Waals surface area (Å²) in [5.74, 6) is 0. The van der Waals surface area contributed by atoms with E-state index >= 15 is 0 Å². The first-order valence-electron chi connectivity index (χ1n) is 8.42. The monoisotopic (exact) mass is 306 g/mol. The fourth-order valence-electron chi connectivity index (χ4n) is 4.00. The molecular weight excluding hydrogens is 280 g/mol. The van der Waals surface area contributed by atoms with Gasteiger partial charge < -0.3 is 4.90 Å². The minimum atomic E-state index is 0.691. The molecule has 2 nitrogen and oxygen atoms in total. The molecule has 0 unspecified atom stereocenters. The minimum Gasteiger partial charge on any atom is -0.303 e. The van der Waals surface area contributed by atoms with Gasteiger partial charge in [-0.05, 0) is 76.8 Å². The van der Waals surface area contributed by atoms with Crippen LogP contribution < -0.4 is 0 Å². The highest BCUT2D eigenvalue weighted by Crippen LogP contribution is 2.26. The van der Waals surface area contributed by atoms with Crippen molar-refractivity contribution >= 4 is 11.6 Å². The molecular formula is C18H27ClN2. The Labute approximate surface area is 134 Å². The number of hydrogen-bond acceptors (Lipinski definition) is 2. The highest BCUT2D eigenvalue weighted by Gasteiger charge is 2.27. The van der Waals surface area contributed by atoms with Gasteiger partial charge in [0.2, 0.25) is 0 Å². The zero-order valence-corrected chi connectivity index (χ0v) is 13.9. The number of nitrogens with zero attached hydrogens (tertiary/aromatic N) is 2. The van der Waals surface area contributed by atoms with Gasteiger partial charge in [-0.1, -0.05) is 29.8 Å². The summed E-state index contributed by atoms with van der Waals surface area (Å²) in [6, 6.07) is 9.83. The molecule has 116 valence electrons. The molecule has 1 aromatic rings. The van der Waals surface area contributed by atoms with E-state index in [2.05, 4.69) is 29.0 Å². The van der Waals surface area contributed by atoms with E-state index in [1.165, 1.54) is 57.3 Å². The number of halogens is 1. The summed E-state index contributed by atoms with van der Waals surface area (Å²) in [5, 5.41) is 0.930. The van der Waals surface area contributed by atoms with Gasteiger partial charge >= 0.3 is 0 Å². The normalized spacial score (nSPS) is 27.5. The van der Waals surface area contributed by atoms with Crippen LogP contribution >= 0.6 is 11.6 Å². The summed E-state index contributed by atoms with van der Waals surface area (Å²) < 4.78 is 0. The Morgan fingerprint density at radius 1 is 1.10 bits per heavy atom.